The Morgan fingerprint density at radius 2 is 1.59 bits per heavy atom. The van der Waals surface area contributed by atoms with Crippen LogP contribution in [0.25, 0.3) is 0 Å². The van der Waals surface area contributed by atoms with E-state index in [1.807, 2.05) is 52.8 Å². The van der Waals surface area contributed by atoms with Crippen molar-refractivity contribution in [1.82, 2.24) is 4.31 Å². The number of hydrogen-bond acceptors (Lipinski definition) is 4. The molecule has 0 unspecified atom stereocenters. The minimum absolute atomic E-state index is 0.177. The molecule has 0 saturated carbocycles. The van der Waals surface area contributed by atoms with Crippen LogP contribution < -0.4 is 10.2 Å². The van der Waals surface area contributed by atoms with Crippen LogP contribution >= 0.6 is 0 Å². The van der Waals surface area contributed by atoms with Crippen LogP contribution in [0.2, 0.25) is 0 Å². The highest BCUT2D eigenvalue weighted by molar-refractivity contribution is 7.89. The van der Waals surface area contributed by atoms with E-state index >= 15 is 0 Å². The second-order valence-corrected chi connectivity index (χ2v) is 8.70. The van der Waals surface area contributed by atoms with E-state index in [0.29, 0.717) is 24.3 Å². The number of benzene rings is 2. The fraction of sp³-hybridized carbons (Fsp3) is 0.409. The van der Waals surface area contributed by atoms with Gasteiger partial charge < -0.3 is 10.2 Å². The smallest absolute Gasteiger partial charge is 0.255 e. The summed E-state index contributed by atoms with van der Waals surface area (Å²) in [6.07, 6.45) is 0. The largest absolute Gasteiger partial charge is 0.370 e. The molecule has 0 radical (unpaired) electrons. The van der Waals surface area contributed by atoms with Gasteiger partial charge in [-0.1, -0.05) is 31.5 Å². The van der Waals surface area contributed by atoms with E-state index in [0.717, 1.165) is 24.3 Å². The maximum Gasteiger partial charge on any atom is 0.255 e. The Bertz CT molecular complexity index is 950. The molecule has 0 saturated heterocycles. The molecular weight excluding hydrogens is 386 g/mol. The molecule has 0 fully saturated rings. The van der Waals surface area contributed by atoms with Gasteiger partial charge >= 0.3 is 0 Å². The van der Waals surface area contributed by atoms with Crippen molar-refractivity contribution in [3.8, 4) is 0 Å². The quantitative estimate of drug-likeness (QED) is 0.666. The Balaban J connectivity index is 2.52. The van der Waals surface area contributed by atoms with E-state index in [4.69, 9.17) is 0 Å². The van der Waals surface area contributed by atoms with Gasteiger partial charge in [-0.2, -0.15) is 4.31 Å². The molecule has 1 N–H and O–H groups in total. The van der Waals surface area contributed by atoms with E-state index in [-0.39, 0.29) is 10.8 Å². The average molecular weight is 418 g/mol. The summed E-state index contributed by atoms with van der Waals surface area (Å²) in [5.74, 6) is -0.264. The van der Waals surface area contributed by atoms with Crippen molar-refractivity contribution in [3.63, 3.8) is 0 Å². The first-order valence-electron chi connectivity index (χ1n) is 10.1. The Hall–Kier alpha value is -2.38. The van der Waals surface area contributed by atoms with Crippen LogP contribution in [-0.2, 0) is 10.0 Å². The third-order valence-corrected chi connectivity index (χ3v) is 6.99. The Kier molecular flexibility index (Phi) is 7.81. The van der Waals surface area contributed by atoms with Gasteiger partial charge in [0, 0.05) is 31.7 Å². The van der Waals surface area contributed by atoms with Crippen LogP contribution in [-0.4, -0.2) is 44.8 Å². The molecule has 0 aliphatic heterocycles. The van der Waals surface area contributed by atoms with Gasteiger partial charge in [0.1, 0.15) is 0 Å². The average Bonchev–Trinajstić information content (AvgIpc) is 2.70. The van der Waals surface area contributed by atoms with Gasteiger partial charge in [0.05, 0.1) is 16.3 Å². The van der Waals surface area contributed by atoms with Crippen LogP contribution in [0.5, 0.6) is 0 Å². The minimum Gasteiger partial charge on any atom is -0.370 e. The highest BCUT2D eigenvalue weighted by Crippen LogP contribution is 2.30. The molecule has 0 aromatic heterocycles. The van der Waals surface area contributed by atoms with Crippen LogP contribution in [0, 0.1) is 6.92 Å². The van der Waals surface area contributed by atoms with Crippen LogP contribution in [0.3, 0.4) is 0 Å². The van der Waals surface area contributed by atoms with Crippen molar-refractivity contribution in [2.24, 2.45) is 0 Å². The van der Waals surface area contributed by atoms with E-state index in [1.54, 1.807) is 24.3 Å². The van der Waals surface area contributed by atoms with Gasteiger partial charge in [0.15, 0.2) is 0 Å². The number of carbonyl (C=O) groups excluding carboxylic acids is 1. The Morgan fingerprint density at radius 3 is 2.14 bits per heavy atom. The molecule has 6 nitrogen and oxygen atoms in total. The van der Waals surface area contributed by atoms with E-state index < -0.39 is 10.0 Å². The number of nitrogens with one attached hydrogen (secondary N) is 1. The molecule has 2 rings (SSSR count). The van der Waals surface area contributed by atoms with Crippen molar-refractivity contribution < 1.29 is 13.2 Å². The summed E-state index contributed by atoms with van der Waals surface area (Å²) in [6.45, 7) is 11.9. The van der Waals surface area contributed by atoms with E-state index in [9.17, 15) is 13.2 Å². The molecule has 0 atom stereocenters. The molecule has 2 aromatic rings. The number of anilines is 2. The molecule has 1 amide bonds. The highest BCUT2D eigenvalue weighted by Gasteiger charge is 2.24. The zero-order valence-corrected chi connectivity index (χ0v) is 18.7. The summed E-state index contributed by atoms with van der Waals surface area (Å²) in [4.78, 5) is 15.1. The first-order valence-corrected chi connectivity index (χ1v) is 11.5. The zero-order valence-electron chi connectivity index (χ0n) is 17.9. The number of hydrogen-bond donors (Lipinski definition) is 1. The van der Waals surface area contributed by atoms with Crippen molar-refractivity contribution in [3.05, 3.63) is 53.6 Å². The number of nitrogens with zero attached hydrogens (tertiary/aromatic N) is 2. The predicted molar refractivity (Wildman–Crippen MR) is 119 cm³/mol. The lowest BCUT2D eigenvalue weighted by molar-refractivity contribution is 0.102. The Labute approximate surface area is 174 Å². The lowest BCUT2D eigenvalue weighted by Crippen LogP contribution is -2.31. The Morgan fingerprint density at radius 1 is 0.931 bits per heavy atom. The molecule has 0 aliphatic rings. The summed E-state index contributed by atoms with van der Waals surface area (Å²) in [6, 6.07) is 12.3. The van der Waals surface area contributed by atoms with Crippen LogP contribution in [0.4, 0.5) is 11.4 Å². The first kappa shape index (κ1) is 22.9. The topological polar surface area (TPSA) is 69.7 Å². The summed E-state index contributed by atoms with van der Waals surface area (Å²) >= 11 is 0. The summed E-state index contributed by atoms with van der Waals surface area (Å²) < 4.78 is 27.3. The fourth-order valence-corrected chi connectivity index (χ4v) is 4.79. The van der Waals surface area contributed by atoms with E-state index in [1.165, 1.54) is 4.31 Å². The second-order valence-electron chi connectivity index (χ2n) is 6.76. The summed E-state index contributed by atoms with van der Waals surface area (Å²) in [5.41, 5.74) is 2.81. The predicted octanol–water partition coefficient (Wildman–Crippen LogP) is 4.12. The molecule has 7 heteroatoms. The zero-order chi connectivity index (χ0) is 21.6. The van der Waals surface area contributed by atoms with Crippen molar-refractivity contribution in [2.45, 2.75) is 39.5 Å². The molecule has 0 spiro atoms. The number of carbonyl (C=O) groups is 1. The first-order chi connectivity index (χ1) is 13.8. The lowest BCUT2D eigenvalue weighted by Gasteiger charge is -2.26. The third-order valence-electron chi connectivity index (χ3n) is 4.94. The summed E-state index contributed by atoms with van der Waals surface area (Å²) in [7, 11) is -3.62. The monoisotopic (exact) mass is 417 g/mol. The van der Waals surface area contributed by atoms with Gasteiger partial charge in [0.25, 0.3) is 5.91 Å². The van der Waals surface area contributed by atoms with Gasteiger partial charge in [0.2, 0.25) is 10.0 Å². The standard InChI is InChI=1S/C22H31N3O3S/c1-6-24(7-2)21-14-13-19(29(27,28)25(8-3)9-4)16-20(21)23-22(26)18-12-10-11-17(5)15-18/h10-16H,6-9H2,1-5H3,(H,23,26). The van der Waals surface area contributed by atoms with Crippen molar-refractivity contribution in [2.75, 3.05) is 36.4 Å². The molecule has 0 heterocycles. The van der Waals surface area contributed by atoms with Gasteiger partial charge in [-0.25, -0.2) is 8.42 Å². The molecule has 158 valence electrons. The lowest BCUT2D eigenvalue weighted by atomic mass is 10.1. The number of amides is 1. The van der Waals surface area contributed by atoms with Crippen molar-refractivity contribution in [1.29, 1.82) is 0 Å². The normalized spacial score (nSPS) is 11.5. The number of sulfonamides is 1. The highest BCUT2D eigenvalue weighted by atomic mass is 32.2. The maximum absolute atomic E-state index is 13.0. The molecular formula is C22H31N3O3S. The molecule has 0 aliphatic carbocycles. The van der Waals surface area contributed by atoms with Gasteiger partial charge in [-0.15, -0.1) is 0 Å². The second kappa shape index (κ2) is 9.89. The van der Waals surface area contributed by atoms with Gasteiger partial charge in [-0.05, 0) is 51.1 Å². The molecule has 29 heavy (non-hydrogen) atoms. The van der Waals surface area contributed by atoms with Crippen molar-refractivity contribution >= 4 is 27.3 Å². The summed E-state index contributed by atoms with van der Waals surface area (Å²) in [5, 5.41) is 2.93. The molecule has 2 aromatic carbocycles. The SMILES string of the molecule is CCN(CC)c1ccc(S(=O)(=O)N(CC)CC)cc1NC(=O)c1cccc(C)c1. The maximum atomic E-state index is 13.0. The van der Waals surface area contributed by atoms with Gasteiger partial charge in [-0.3, -0.25) is 4.79 Å². The van der Waals surface area contributed by atoms with E-state index in [2.05, 4.69) is 10.2 Å². The fourth-order valence-electron chi connectivity index (χ4n) is 3.31. The number of rotatable bonds is 9. The number of aryl methyl sites for hydroxylation is 1. The minimum atomic E-state index is -3.62. The van der Waals surface area contributed by atoms with Crippen LogP contribution in [0.1, 0.15) is 43.6 Å². The third kappa shape index (κ3) is 5.16. The molecule has 0 bridgehead atoms. The van der Waals surface area contributed by atoms with Crippen LogP contribution in [0.15, 0.2) is 47.4 Å².